The monoisotopic (exact) mass is 426 g/mol. The van der Waals surface area contributed by atoms with Crippen molar-refractivity contribution in [2.75, 3.05) is 45.5 Å². The highest BCUT2D eigenvalue weighted by atomic mass is 127. The van der Waals surface area contributed by atoms with E-state index in [0.717, 1.165) is 50.7 Å². The standard InChI is InChI=1S/C14H26N4OS.HI/c1-3-12-11-18(8-9-20-12)14(15-2)16-10-13(19)17-6-4-5-7-17;/h12H,3-11H2,1-2H3,(H,15,16);1H. The minimum absolute atomic E-state index is 0. The summed E-state index contributed by atoms with van der Waals surface area (Å²) in [4.78, 5) is 20.6. The molecule has 0 aromatic heterocycles. The number of aliphatic imine (C=N–C) groups is 1. The Labute approximate surface area is 149 Å². The maximum absolute atomic E-state index is 12.1. The van der Waals surface area contributed by atoms with E-state index in [-0.39, 0.29) is 29.9 Å². The molecule has 1 atom stereocenters. The van der Waals surface area contributed by atoms with Gasteiger partial charge in [0.15, 0.2) is 5.96 Å². The summed E-state index contributed by atoms with van der Waals surface area (Å²) in [5, 5.41) is 3.91. The lowest BCUT2D eigenvalue weighted by atomic mass is 10.3. The van der Waals surface area contributed by atoms with E-state index < -0.39 is 0 Å². The normalized spacial score (nSPS) is 23.0. The SMILES string of the molecule is CCC1CN(C(=NC)NCC(=O)N2CCCC2)CCS1.I. The molecule has 1 N–H and O–H groups in total. The Morgan fingerprint density at radius 3 is 2.62 bits per heavy atom. The third-order valence-corrected chi connectivity index (χ3v) is 5.33. The molecule has 0 radical (unpaired) electrons. The van der Waals surface area contributed by atoms with Crippen LogP contribution < -0.4 is 5.32 Å². The van der Waals surface area contributed by atoms with Crippen LogP contribution >= 0.6 is 35.7 Å². The highest BCUT2D eigenvalue weighted by Gasteiger charge is 2.23. The summed E-state index contributed by atoms with van der Waals surface area (Å²) in [5.74, 6) is 2.21. The summed E-state index contributed by atoms with van der Waals surface area (Å²) in [6.45, 7) is 6.47. The molecule has 2 aliphatic rings. The van der Waals surface area contributed by atoms with Crippen LogP contribution in [0.15, 0.2) is 4.99 Å². The molecule has 2 rings (SSSR count). The lowest BCUT2D eigenvalue weighted by Crippen LogP contribution is -2.50. The Hall–Kier alpha value is -0.180. The van der Waals surface area contributed by atoms with Gasteiger partial charge in [0.2, 0.25) is 5.91 Å². The van der Waals surface area contributed by atoms with Crippen LogP contribution in [0.5, 0.6) is 0 Å². The predicted octanol–water partition coefficient (Wildman–Crippen LogP) is 1.63. The number of carbonyl (C=O) groups is 1. The van der Waals surface area contributed by atoms with Crippen molar-refractivity contribution in [1.29, 1.82) is 0 Å². The Balaban J connectivity index is 0.00000220. The number of nitrogens with one attached hydrogen (secondary N) is 1. The second-order valence-corrected chi connectivity index (χ2v) is 6.74. The Kier molecular flexibility index (Phi) is 8.77. The van der Waals surface area contributed by atoms with Crippen LogP contribution in [0.4, 0.5) is 0 Å². The van der Waals surface area contributed by atoms with Gasteiger partial charge in [-0.1, -0.05) is 6.92 Å². The van der Waals surface area contributed by atoms with Crippen LogP contribution in [0.3, 0.4) is 0 Å². The second-order valence-electron chi connectivity index (χ2n) is 5.34. The minimum atomic E-state index is 0. The largest absolute Gasteiger partial charge is 0.347 e. The van der Waals surface area contributed by atoms with Gasteiger partial charge in [-0.3, -0.25) is 9.79 Å². The van der Waals surface area contributed by atoms with E-state index in [0.29, 0.717) is 11.8 Å². The number of carbonyl (C=O) groups excluding carboxylic acids is 1. The van der Waals surface area contributed by atoms with Gasteiger partial charge in [-0.25, -0.2) is 0 Å². The fraction of sp³-hybridized carbons (Fsp3) is 0.857. The summed E-state index contributed by atoms with van der Waals surface area (Å²) in [6, 6.07) is 0. The zero-order chi connectivity index (χ0) is 14.4. The molecule has 1 amide bonds. The number of amides is 1. The van der Waals surface area contributed by atoms with Crippen molar-refractivity contribution in [2.24, 2.45) is 4.99 Å². The van der Waals surface area contributed by atoms with Crippen molar-refractivity contribution in [3.8, 4) is 0 Å². The minimum Gasteiger partial charge on any atom is -0.347 e. The average Bonchev–Trinajstić information content (AvgIpc) is 3.02. The first-order valence-electron chi connectivity index (χ1n) is 7.59. The maximum Gasteiger partial charge on any atom is 0.241 e. The van der Waals surface area contributed by atoms with Crippen molar-refractivity contribution in [3.63, 3.8) is 0 Å². The van der Waals surface area contributed by atoms with Gasteiger partial charge < -0.3 is 15.1 Å². The first kappa shape index (κ1) is 18.9. The van der Waals surface area contributed by atoms with E-state index >= 15 is 0 Å². The van der Waals surface area contributed by atoms with Crippen molar-refractivity contribution in [3.05, 3.63) is 0 Å². The van der Waals surface area contributed by atoms with Crippen LogP contribution in [0.25, 0.3) is 0 Å². The third kappa shape index (κ3) is 5.50. The second kappa shape index (κ2) is 9.76. The molecule has 0 aliphatic carbocycles. The summed E-state index contributed by atoms with van der Waals surface area (Å²) >= 11 is 2.04. The van der Waals surface area contributed by atoms with Gasteiger partial charge in [0.1, 0.15) is 0 Å². The van der Waals surface area contributed by atoms with Crippen LogP contribution in [-0.2, 0) is 4.79 Å². The zero-order valence-electron chi connectivity index (χ0n) is 13.0. The fourth-order valence-corrected chi connectivity index (χ4v) is 3.90. The van der Waals surface area contributed by atoms with Crippen LogP contribution in [0.1, 0.15) is 26.2 Å². The van der Waals surface area contributed by atoms with Crippen LogP contribution in [0.2, 0.25) is 0 Å². The lowest BCUT2D eigenvalue weighted by molar-refractivity contribution is -0.128. The number of rotatable bonds is 3. The number of halogens is 1. The topological polar surface area (TPSA) is 47.9 Å². The molecule has 0 spiro atoms. The molecule has 2 fully saturated rings. The number of likely N-dealkylation sites (tertiary alicyclic amines) is 1. The molecule has 5 nitrogen and oxygen atoms in total. The van der Waals surface area contributed by atoms with Gasteiger partial charge in [0.25, 0.3) is 0 Å². The molecule has 2 saturated heterocycles. The summed E-state index contributed by atoms with van der Waals surface area (Å²) in [7, 11) is 1.80. The van der Waals surface area contributed by atoms with E-state index in [9.17, 15) is 4.79 Å². The number of nitrogens with zero attached hydrogens (tertiary/aromatic N) is 3. The molecule has 0 aromatic carbocycles. The first-order chi connectivity index (χ1) is 9.74. The van der Waals surface area contributed by atoms with Gasteiger partial charge in [-0.15, -0.1) is 24.0 Å². The zero-order valence-corrected chi connectivity index (χ0v) is 16.2. The molecule has 0 bridgehead atoms. The van der Waals surface area contributed by atoms with E-state index in [1.165, 1.54) is 6.42 Å². The number of thioether (sulfide) groups is 1. The van der Waals surface area contributed by atoms with Gasteiger partial charge in [0, 0.05) is 44.2 Å². The van der Waals surface area contributed by atoms with E-state index in [4.69, 9.17) is 0 Å². The molecule has 0 aromatic rings. The van der Waals surface area contributed by atoms with E-state index in [2.05, 4.69) is 22.1 Å². The van der Waals surface area contributed by atoms with Crippen molar-refractivity contribution in [1.82, 2.24) is 15.1 Å². The molecular weight excluding hydrogens is 399 g/mol. The molecule has 7 heteroatoms. The molecule has 122 valence electrons. The van der Waals surface area contributed by atoms with E-state index in [1.807, 2.05) is 16.7 Å². The quantitative estimate of drug-likeness (QED) is 0.424. The maximum atomic E-state index is 12.1. The fourth-order valence-electron chi connectivity index (χ4n) is 2.72. The lowest BCUT2D eigenvalue weighted by Gasteiger charge is -2.34. The summed E-state index contributed by atoms with van der Waals surface area (Å²) in [5.41, 5.74) is 0. The van der Waals surface area contributed by atoms with Gasteiger partial charge in [-0.05, 0) is 19.3 Å². The molecule has 2 aliphatic heterocycles. The molecular formula is C14H27IN4OS. The number of hydrogen-bond donors (Lipinski definition) is 1. The highest BCUT2D eigenvalue weighted by molar-refractivity contribution is 14.0. The molecule has 21 heavy (non-hydrogen) atoms. The Bertz CT molecular complexity index is 361. The van der Waals surface area contributed by atoms with Crippen LogP contribution in [0, 0.1) is 0 Å². The van der Waals surface area contributed by atoms with Crippen LogP contribution in [-0.4, -0.2) is 72.4 Å². The predicted molar refractivity (Wildman–Crippen MR) is 101 cm³/mol. The Morgan fingerprint density at radius 2 is 2.00 bits per heavy atom. The smallest absolute Gasteiger partial charge is 0.241 e. The molecule has 1 unspecified atom stereocenters. The Morgan fingerprint density at radius 1 is 1.29 bits per heavy atom. The first-order valence-corrected chi connectivity index (χ1v) is 8.64. The van der Waals surface area contributed by atoms with Gasteiger partial charge >= 0.3 is 0 Å². The highest BCUT2D eigenvalue weighted by Crippen LogP contribution is 2.20. The summed E-state index contributed by atoms with van der Waals surface area (Å²) < 4.78 is 0. The molecule has 0 saturated carbocycles. The number of guanidine groups is 1. The van der Waals surface area contributed by atoms with E-state index in [1.54, 1.807) is 7.05 Å². The average molecular weight is 426 g/mol. The van der Waals surface area contributed by atoms with Gasteiger partial charge in [0.05, 0.1) is 6.54 Å². The molecule has 2 heterocycles. The van der Waals surface area contributed by atoms with Crippen molar-refractivity contribution < 1.29 is 4.79 Å². The van der Waals surface area contributed by atoms with Gasteiger partial charge in [-0.2, -0.15) is 11.8 Å². The summed E-state index contributed by atoms with van der Waals surface area (Å²) in [6.07, 6.45) is 3.47. The van der Waals surface area contributed by atoms with Crippen molar-refractivity contribution in [2.45, 2.75) is 31.4 Å². The van der Waals surface area contributed by atoms with Crippen molar-refractivity contribution >= 4 is 47.6 Å². The third-order valence-electron chi connectivity index (χ3n) is 3.96. The number of hydrogen-bond acceptors (Lipinski definition) is 3.